The first kappa shape index (κ1) is 27.2. The SMILES string of the molecule is CC[C@H]1C(O)C2C3CC[C@H]([C@H](C)CCCc4ccc(C(=O)O)cc4)[C@@]3(C)CCC2[C@@]2(C)CC[C@@H](O)C[C@@H]12. The Bertz CT molecular complexity index is 958. The number of fused-ring (bicyclic) bond motifs is 5. The van der Waals surface area contributed by atoms with Gasteiger partial charge in [0.25, 0.3) is 0 Å². The number of hydrogen-bond acceptors (Lipinski definition) is 3. The van der Waals surface area contributed by atoms with Crippen LogP contribution in [0.1, 0.15) is 108 Å². The molecule has 0 spiro atoms. The Kier molecular flexibility index (Phi) is 7.57. The van der Waals surface area contributed by atoms with Gasteiger partial charge in [-0.25, -0.2) is 4.79 Å². The minimum atomic E-state index is -0.863. The molecule has 0 aliphatic heterocycles. The fraction of sp³-hybridized carbons (Fsp3) is 0.788. The van der Waals surface area contributed by atoms with Crippen LogP contribution in [0.2, 0.25) is 0 Å². The first-order valence-electron chi connectivity index (χ1n) is 15.3. The quantitative estimate of drug-likeness (QED) is 0.370. The molecule has 4 fully saturated rings. The maximum atomic E-state index is 11.9. The Morgan fingerprint density at radius 3 is 2.32 bits per heavy atom. The molecule has 4 heteroatoms. The molecule has 1 aromatic carbocycles. The van der Waals surface area contributed by atoms with Gasteiger partial charge in [0, 0.05) is 0 Å². The van der Waals surface area contributed by atoms with E-state index in [1.54, 1.807) is 12.1 Å². The van der Waals surface area contributed by atoms with Gasteiger partial charge in [0.2, 0.25) is 0 Å². The average molecular weight is 511 g/mol. The van der Waals surface area contributed by atoms with Gasteiger partial charge in [-0.2, -0.15) is 0 Å². The van der Waals surface area contributed by atoms with E-state index in [2.05, 4.69) is 27.7 Å². The Morgan fingerprint density at radius 1 is 0.973 bits per heavy atom. The molecule has 0 radical (unpaired) electrons. The third-order valence-corrected chi connectivity index (χ3v) is 12.5. The van der Waals surface area contributed by atoms with Crippen molar-refractivity contribution >= 4 is 5.97 Å². The van der Waals surface area contributed by atoms with Crippen molar-refractivity contribution in [2.75, 3.05) is 0 Å². The number of hydrogen-bond donors (Lipinski definition) is 3. The molecule has 3 N–H and O–H groups in total. The molecule has 37 heavy (non-hydrogen) atoms. The zero-order valence-corrected chi connectivity index (χ0v) is 23.5. The van der Waals surface area contributed by atoms with E-state index in [1.165, 1.54) is 37.7 Å². The zero-order chi connectivity index (χ0) is 26.5. The lowest BCUT2D eigenvalue weighted by Gasteiger charge is -2.64. The molecule has 0 saturated heterocycles. The van der Waals surface area contributed by atoms with Crippen LogP contribution in [0.5, 0.6) is 0 Å². The normalized spacial score (nSPS) is 43.9. The fourth-order valence-electron chi connectivity index (χ4n) is 10.6. The minimum Gasteiger partial charge on any atom is -0.478 e. The van der Waals surface area contributed by atoms with Gasteiger partial charge in [-0.15, -0.1) is 0 Å². The van der Waals surface area contributed by atoms with E-state index >= 15 is 0 Å². The summed E-state index contributed by atoms with van der Waals surface area (Å²) >= 11 is 0. The molecule has 4 unspecified atom stereocenters. The summed E-state index contributed by atoms with van der Waals surface area (Å²) in [6.45, 7) is 9.81. The summed E-state index contributed by atoms with van der Waals surface area (Å²) in [5.41, 5.74) is 2.17. The number of aliphatic hydroxyl groups is 2. The largest absolute Gasteiger partial charge is 0.478 e. The third-order valence-electron chi connectivity index (χ3n) is 12.5. The first-order chi connectivity index (χ1) is 17.6. The molecule has 4 nitrogen and oxygen atoms in total. The van der Waals surface area contributed by atoms with E-state index in [-0.39, 0.29) is 17.6 Å². The standard InChI is InChI=1S/C33H50O4/c1-5-24-28-19-23(34)15-17-33(28,4)27-16-18-32(3)25(13-14-26(32)29(27)30(24)35)20(2)7-6-8-21-9-11-22(12-10-21)31(36)37/h9-12,20,23-30,34-35H,5-8,13-19H2,1-4H3,(H,36,37)/t20-,23-,24-,25-,26?,27?,28+,29?,30?,32-,33-/m1/s1. The number of aliphatic hydroxyl groups excluding tert-OH is 2. The van der Waals surface area contributed by atoms with Gasteiger partial charge >= 0.3 is 5.97 Å². The van der Waals surface area contributed by atoms with Crippen molar-refractivity contribution in [1.29, 1.82) is 0 Å². The molecule has 5 rings (SSSR count). The Morgan fingerprint density at radius 2 is 1.65 bits per heavy atom. The lowest BCUT2D eigenvalue weighted by atomic mass is 9.41. The smallest absolute Gasteiger partial charge is 0.335 e. The highest BCUT2D eigenvalue weighted by atomic mass is 16.4. The Hall–Kier alpha value is -1.39. The van der Waals surface area contributed by atoms with Crippen molar-refractivity contribution in [3.63, 3.8) is 0 Å². The van der Waals surface area contributed by atoms with Gasteiger partial charge in [0.15, 0.2) is 0 Å². The molecule has 0 heterocycles. The van der Waals surface area contributed by atoms with Crippen LogP contribution >= 0.6 is 0 Å². The second-order valence-electron chi connectivity index (χ2n) is 14.0. The van der Waals surface area contributed by atoms with Gasteiger partial charge in [0.05, 0.1) is 17.8 Å². The number of carboxylic acid groups (broad SMARTS) is 1. The fourth-order valence-corrected chi connectivity index (χ4v) is 10.6. The molecule has 11 atom stereocenters. The van der Waals surface area contributed by atoms with Crippen LogP contribution < -0.4 is 0 Å². The zero-order valence-electron chi connectivity index (χ0n) is 23.5. The summed E-state index contributed by atoms with van der Waals surface area (Å²) < 4.78 is 0. The lowest BCUT2D eigenvalue weighted by Crippen LogP contribution is -2.62. The van der Waals surface area contributed by atoms with E-state index in [0.717, 1.165) is 44.4 Å². The second-order valence-corrected chi connectivity index (χ2v) is 14.0. The lowest BCUT2D eigenvalue weighted by molar-refractivity contribution is -0.203. The van der Waals surface area contributed by atoms with E-state index in [4.69, 9.17) is 5.11 Å². The van der Waals surface area contributed by atoms with Crippen molar-refractivity contribution in [2.24, 2.45) is 52.3 Å². The van der Waals surface area contributed by atoms with Gasteiger partial charge < -0.3 is 15.3 Å². The van der Waals surface area contributed by atoms with Gasteiger partial charge in [-0.05, 0) is 128 Å². The van der Waals surface area contributed by atoms with Crippen LogP contribution in [0.25, 0.3) is 0 Å². The van der Waals surface area contributed by atoms with Crippen LogP contribution in [-0.2, 0) is 6.42 Å². The topological polar surface area (TPSA) is 77.8 Å². The van der Waals surface area contributed by atoms with Crippen LogP contribution in [0.4, 0.5) is 0 Å². The molecular weight excluding hydrogens is 460 g/mol. The summed E-state index contributed by atoms with van der Waals surface area (Å²) in [5.74, 6) is 2.96. The predicted octanol–water partition coefficient (Wildman–Crippen LogP) is 6.97. The van der Waals surface area contributed by atoms with Crippen molar-refractivity contribution in [2.45, 2.75) is 111 Å². The van der Waals surface area contributed by atoms with Gasteiger partial charge in [-0.3, -0.25) is 0 Å². The van der Waals surface area contributed by atoms with Gasteiger partial charge in [0.1, 0.15) is 0 Å². The van der Waals surface area contributed by atoms with Gasteiger partial charge in [-0.1, -0.05) is 52.7 Å². The summed E-state index contributed by atoms with van der Waals surface area (Å²) in [5, 5.41) is 31.5. The monoisotopic (exact) mass is 510 g/mol. The summed E-state index contributed by atoms with van der Waals surface area (Å²) in [6, 6.07) is 7.38. The number of aryl methyl sites for hydroxylation is 1. The third kappa shape index (κ3) is 4.58. The molecule has 4 aliphatic carbocycles. The van der Waals surface area contributed by atoms with E-state index < -0.39 is 5.97 Å². The maximum Gasteiger partial charge on any atom is 0.335 e. The number of carbonyl (C=O) groups is 1. The minimum absolute atomic E-state index is 0.184. The summed E-state index contributed by atoms with van der Waals surface area (Å²) in [4.78, 5) is 11.1. The second kappa shape index (κ2) is 10.3. The molecular formula is C33H50O4. The van der Waals surface area contributed by atoms with Crippen molar-refractivity contribution in [1.82, 2.24) is 0 Å². The Balaban J connectivity index is 1.27. The number of rotatable bonds is 7. The van der Waals surface area contributed by atoms with Crippen molar-refractivity contribution < 1.29 is 20.1 Å². The summed E-state index contributed by atoms with van der Waals surface area (Å²) in [6.07, 6.45) is 12.0. The maximum absolute atomic E-state index is 11.9. The highest BCUT2D eigenvalue weighted by Gasteiger charge is 2.64. The molecule has 206 valence electrons. The van der Waals surface area contributed by atoms with Crippen molar-refractivity contribution in [3.05, 3.63) is 35.4 Å². The molecule has 0 aromatic heterocycles. The summed E-state index contributed by atoms with van der Waals surface area (Å²) in [7, 11) is 0. The van der Waals surface area contributed by atoms with E-state index in [1.807, 2.05) is 12.1 Å². The molecule has 1 aromatic rings. The highest BCUT2D eigenvalue weighted by molar-refractivity contribution is 5.87. The highest BCUT2D eigenvalue weighted by Crippen LogP contribution is 2.69. The van der Waals surface area contributed by atoms with Crippen LogP contribution in [-0.4, -0.2) is 33.5 Å². The molecule has 0 amide bonds. The van der Waals surface area contributed by atoms with E-state index in [0.29, 0.717) is 46.5 Å². The predicted molar refractivity (Wildman–Crippen MR) is 147 cm³/mol. The molecule has 4 saturated carbocycles. The van der Waals surface area contributed by atoms with Crippen LogP contribution in [0, 0.1) is 52.3 Å². The Labute approximate surface area is 224 Å². The number of benzene rings is 1. The first-order valence-corrected chi connectivity index (χ1v) is 15.3. The van der Waals surface area contributed by atoms with Crippen LogP contribution in [0.15, 0.2) is 24.3 Å². The molecule has 4 aliphatic rings. The number of carboxylic acids is 1. The van der Waals surface area contributed by atoms with Crippen LogP contribution in [0.3, 0.4) is 0 Å². The van der Waals surface area contributed by atoms with Crippen molar-refractivity contribution in [3.8, 4) is 0 Å². The average Bonchev–Trinajstić information content (AvgIpc) is 3.23. The molecule has 0 bridgehead atoms. The number of aromatic carboxylic acids is 1. The van der Waals surface area contributed by atoms with E-state index in [9.17, 15) is 15.0 Å².